The number of hydrogen-bond acceptors (Lipinski definition) is 3. The van der Waals surface area contributed by atoms with Crippen molar-refractivity contribution in [3.05, 3.63) is 23.8 Å². The van der Waals surface area contributed by atoms with Gasteiger partial charge in [-0.15, -0.1) is 0 Å². The third kappa shape index (κ3) is 4.81. The Kier molecular flexibility index (Phi) is 5.67. The zero-order valence-corrected chi connectivity index (χ0v) is 12.4. The summed E-state index contributed by atoms with van der Waals surface area (Å²) in [5.74, 6) is 1.29. The van der Waals surface area contributed by atoms with E-state index in [9.17, 15) is 4.79 Å². The number of hydrogen-bond donors (Lipinski definition) is 2. The number of rotatable bonds is 6. The van der Waals surface area contributed by atoms with Crippen LogP contribution in [-0.4, -0.2) is 25.6 Å². The van der Waals surface area contributed by atoms with E-state index >= 15 is 0 Å². The molecule has 0 spiro atoms. The van der Waals surface area contributed by atoms with Crippen molar-refractivity contribution in [3.63, 3.8) is 0 Å². The zero-order valence-electron chi connectivity index (χ0n) is 12.4. The van der Waals surface area contributed by atoms with E-state index in [-0.39, 0.29) is 11.9 Å². The molecule has 0 bridgehead atoms. The van der Waals surface area contributed by atoms with Gasteiger partial charge < -0.3 is 15.4 Å². The topological polar surface area (TPSA) is 50.4 Å². The summed E-state index contributed by atoms with van der Waals surface area (Å²) in [5.41, 5.74) is 2.01. The Morgan fingerprint density at radius 3 is 2.53 bits per heavy atom. The summed E-state index contributed by atoms with van der Waals surface area (Å²) < 4.78 is 5.16. The molecule has 1 aromatic rings. The summed E-state index contributed by atoms with van der Waals surface area (Å²) in [7, 11) is 1.64. The first-order valence-corrected chi connectivity index (χ1v) is 6.63. The first-order chi connectivity index (χ1) is 8.93. The first kappa shape index (κ1) is 15.3. The van der Waals surface area contributed by atoms with Gasteiger partial charge >= 0.3 is 0 Å². The molecule has 2 N–H and O–H groups in total. The quantitative estimate of drug-likeness (QED) is 0.830. The number of aryl methyl sites for hydroxylation is 1. The van der Waals surface area contributed by atoms with Crippen molar-refractivity contribution >= 4 is 11.6 Å². The van der Waals surface area contributed by atoms with Crippen LogP contribution in [0.15, 0.2) is 18.2 Å². The summed E-state index contributed by atoms with van der Waals surface area (Å²) >= 11 is 0. The second-order valence-electron chi connectivity index (χ2n) is 5.19. The molecule has 0 saturated heterocycles. The number of ether oxygens (including phenoxy) is 1. The average molecular weight is 264 g/mol. The van der Waals surface area contributed by atoms with E-state index in [4.69, 9.17) is 4.74 Å². The maximum Gasteiger partial charge on any atom is 0.242 e. The van der Waals surface area contributed by atoms with Gasteiger partial charge in [0.2, 0.25) is 5.91 Å². The number of anilines is 1. The van der Waals surface area contributed by atoms with Crippen molar-refractivity contribution in [2.75, 3.05) is 19.0 Å². The molecule has 1 amide bonds. The van der Waals surface area contributed by atoms with Crippen molar-refractivity contribution < 1.29 is 9.53 Å². The van der Waals surface area contributed by atoms with Crippen LogP contribution >= 0.6 is 0 Å². The Morgan fingerprint density at radius 1 is 1.32 bits per heavy atom. The smallest absolute Gasteiger partial charge is 0.242 e. The van der Waals surface area contributed by atoms with Crippen LogP contribution in [0.1, 0.15) is 26.3 Å². The molecule has 106 valence electrons. The van der Waals surface area contributed by atoms with Crippen molar-refractivity contribution in [1.29, 1.82) is 0 Å². The average Bonchev–Trinajstić information content (AvgIpc) is 2.37. The minimum atomic E-state index is -0.258. The van der Waals surface area contributed by atoms with Crippen LogP contribution in [0, 0.1) is 12.8 Å². The summed E-state index contributed by atoms with van der Waals surface area (Å²) in [6.45, 7) is 8.70. The number of carbonyl (C=O) groups excluding carboxylic acids is 1. The molecule has 1 unspecified atom stereocenters. The van der Waals surface area contributed by atoms with Gasteiger partial charge in [-0.05, 0) is 43.5 Å². The Balaban J connectivity index is 2.61. The van der Waals surface area contributed by atoms with Gasteiger partial charge in [-0.3, -0.25) is 4.79 Å². The summed E-state index contributed by atoms with van der Waals surface area (Å²) in [6.07, 6.45) is 0. The summed E-state index contributed by atoms with van der Waals surface area (Å²) in [6, 6.07) is 5.50. The van der Waals surface area contributed by atoms with Crippen molar-refractivity contribution in [3.8, 4) is 5.75 Å². The lowest BCUT2D eigenvalue weighted by molar-refractivity contribution is -0.121. The van der Waals surface area contributed by atoms with Gasteiger partial charge in [0.25, 0.3) is 0 Å². The van der Waals surface area contributed by atoms with Crippen molar-refractivity contribution in [1.82, 2.24) is 5.32 Å². The molecular weight excluding hydrogens is 240 g/mol. The second-order valence-corrected chi connectivity index (χ2v) is 5.19. The number of nitrogens with one attached hydrogen (secondary N) is 2. The van der Waals surface area contributed by atoms with Crippen molar-refractivity contribution in [2.45, 2.75) is 33.7 Å². The highest BCUT2D eigenvalue weighted by Gasteiger charge is 2.13. The largest absolute Gasteiger partial charge is 0.497 e. The minimum absolute atomic E-state index is 0.0175. The van der Waals surface area contributed by atoms with Gasteiger partial charge in [-0.2, -0.15) is 0 Å². The molecule has 0 radical (unpaired) electrons. The van der Waals surface area contributed by atoms with E-state index in [1.165, 1.54) is 0 Å². The Hall–Kier alpha value is -1.71. The highest BCUT2D eigenvalue weighted by Crippen LogP contribution is 2.21. The molecule has 4 heteroatoms. The van der Waals surface area contributed by atoms with Gasteiger partial charge in [0, 0.05) is 12.2 Å². The third-order valence-corrected chi connectivity index (χ3v) is 2.88. The van der Waals surface area contributed by atoms with Crippen molar-refractivity contribution in [2.24, 2.45) is 5.92 Å². The van der Waals surface area contributed by atoms with Gasteiger partial charge in [-0.1, -0.05) is 13.8 Å². The number of carbonyl (C=O) groups is 1. The summed E-state index contributed by atoms with van der Waals surface area (Å²) in [5, 5.41) is 6.14. The highest BCUT2D eigenvalue weighted by atomic mass is 16.5. The minimum Gasteiger partial charge on any atom is -0.497 e. The molecule has 0 aliphatic rings. The van der Waals surface area contributed by atoms with E-state index in [0.29, 0.717) is 12.5 Å². The normalized spacial score (nSPS) is 12.1. The van der Waals surface area contributed by atoms with Crippen LogP contribution in [0.5, 0.6) is 5.75 Å². The van der Waals surface area contributed by atoms with E-state index < -0.39 is 0 Å². The Bertz CT molecular complexity index is 430. The predicted octanol–water partition coefficient (Wildman–Crippen LogP) is 2.58. The molecule has 0 fully saturated rings. The molecule has 1 rings (SSSR count). The number of benzene rings is 1. The number of methoxy groups -OCH3 is 1. The molecule has 0 aromatic heterocycles. The predicted molar refractivity (Wildman–Crippen MR) is 78.7 cm³/mol. The highest BCUT2D eigenvalue weighted by molar-refractivity contribution is 5.84. The van der Waals surface area contributed by atoms with E-state index in [2.05, 4.69) is 24.5 Å². The van der Waals surface area contributed by atoms with Crippen LogP contribution in [0.3, 0.4) is 0 Å². The molecule has 0 saturated carbocycles. The monoisotopic (exact) mass is 264 g/mol. The lowest BCUT2D eigenvalue weighted by atomic mass is 10.1. The van der Waals surface area contributed by atoms with Gasteiger partial charge in [0.1, 0.15) is 11.8 Å². The molecule has 0 heterocycles. The molecule has 0 aliphatic carbocycles. The maximum atomic E-state index is 11.9. The molecule has 1 aromatic carbocycles. The Labute approximate surface area is 115 Å². The van der Waals surface area contributed by atoms with E-state index in [0.717, 1.165) is 17.0 Å². The fraction of sp³-hybridized carbons (Fsp3) is 0.533. The third-order valence-electron chi connectivity index (χ3n) is 2.88. The van der Waals surface area contributed by atoms with Crippen LogP contribution in [0.4, 0.5) is 5.69 Å². The lowest BCUT2D eigenvalue weighted by Gasteiger charge is -2.18. The second kappa shape index (κ2) is 7.02. The lowest BCUT2D eigenvalue weighted by Crippen LogP contribution is -2.39. The zero-order chi connectivity index (χ0) is 14.4. The van der Waals surface area contributed by atoms with Gasteiger partial charge in [-0.25, -0.2) is 0 Å². The molecular formula is C15H24N2O2. The molecule has 4 nitrogen and oxygen atoms in total. The SMILES string of the molecule is COc1ccc(NC(C)C(=O)NCC(C)C)c(C)c1. The maximum absolute atomic E-state index is 11.9. The summed E-state index contributed by atoms with van der Waals surface area (Å²) in [4.78, 5) is 11.9. The van der Waals surface area contributed by atoms with E-state index in [1.807, 2.05) is 32.0 Å². The van der Waals surface area contributed by atoms with Crippen LogP contribution in [0.25, 0.3) is 0 Å². The standard InChI is InChI=1S/C15H24N2O2/c1-10(2)9-16-15(18)12(4)17-14-7-6-13(19-5)8-11(14)3/h6-8,10,12,17H,9H2,1-5H3,(H,16,18). The molecule has 19 heavy (non-hydrogen) atoms. The van der Waals surface area contributed by atoms with E-state index in [1.54, 1.807) is 7.11 Å². The van der Waals surface area contributed by atoms with Crippen LogP contribution in [-0.2, 0) is 4.79 Å². The fourth-order valence-electron chi connectivity index (χ4n) is 1.68. The fourth-order valence-corrected chi connectivity index (χ4v) is 1.68. The van der Waals surface area contributed by atoms with Crippen LogP contribution in [0.2, 0.25) is 0 Å². The molecule has 0 aliphatic heterocycles. The van der Waals surface area contributed by atoms with Gasteiger partial charge in [0.05, 0.1) is 7.11 Å². The Morgan fingerprint density at radius 2 is 2.00 bits per heavy atom. The van der Waals surface area contributed by atoms with Crippen LogP contribution < -0.4 is 15.4 Å². The first-order valence-electron chi connectivity index (χ1n) is 6.63. The number of amides is 1. The molecule has 1 atom stereocenters. The van der Waals surface area contributed by atoms with Gasteiger partial charge in [0.15, 0.2) is 0 Å².